The lowest BCUT2D eigenvalue weighted by Crippen LogP contribution is -2.09. The van der Waals surface area contributed by atoms with Crippen molar-refractivity contribution >= 4 is 5.69 Å². The highest BCUT2D eigenvalue weighted by molar-refractivity contribution is 5.57. The molecule has 0 spiro atoms. The molecule has 0 aliphatic carbocycles. The Morgan fingerprint density at radius 1 is 1.25 bits per heavy atom. The summed E-state index contributed by atoms with van der Waals surface area (Å²) < 4.78 is 0. The minimum atomic E-state index is 0.896. The van der Waals surface area contributed by atoms with Crippen LogP contribution in [0.2, 0.25) is 0 Å². The molecule has 0 N–H and O–H groups in total. The Bertz CT molecular complexity index is 276. The van der Waals surface area contributed by atoms with Gasteiger partial charge in [-0.2, -0.15) is 0 Å². The fourth-order valence-corrected chi connectivity index (χ4v) is 1.36. The molecule has 12 heavy (non-hydrogen) atoms. The zero-order chi connectivity index (χ0) is 9.14. The summed E-state index contributed by atoms with van der Waals surface area (Å²) in [5, 5.41) is 4.22. The lowest BCUT2D eigenvalue weighted by Gasteiger charge is -2.14. The van der Waals surface area contributed by atoms with Crippen LogP contribution in [0, 0.1) is 18.8 Å². The van der Waals surface area contributed by atoms with E-state index in [1.54, 1.807) is 7.05 Å². The van der Waals surface area contributed by atoms with Gasteiger partial charge < -0.3 is 0 Å². The highest BCUT2D eigenvalue weighted by Gasteiger charge is 2.06. The van der Waals surface area contributed by atoms with Gasteiger partial charge in [0.25, 0.3) is 0 Å². The smallest absolute Gasteiger partial charge is 0.0681 e. The number of aryl methyl sites for hydroxylation is 2. The fourth-order valence-electron chi connectivity index (χ4n) is 1.36. The van der Waals surface area contributed by atoms with Crippen molar-refractivity contribution in [3.8, 4) is 0 Å². The van der Waals surface area contributed by atoms with Crippen LogP contribution in [0.15, 0.2) is 23.5 Å². The zero-order valence-electron chi connectivity index (χ0n) is 7.53. The van der Waals surface area contributed by atoms with Crippen LogP contribution in [0.1, 0.15) is 11.1 Å². The van der Waals surface area contributed by atoms with Crippen molar-refractivity contribution in [1.82, 2.24) is 0 Å². The Hall–Kier alpha value is -1.38. The van der Waals surface area contributed by atoms with Crippen LogP contribution in [0.5, 0.6) is 0 Å². The Labute approximate surface area is 72.0 Å². The van der Waals surface area contributed by atoms with Gasteiger partial charge in [0.1, 0.15) is 0 Å². The number of benzene rings is 1. The molecule has 0 radical (unpaired) electrons. The predicted octanol–water partition coefficient (Wildman–Crippen LogP) is 2.42. The molecule has 0 atom stereocenters. The van der Waals surface area contributed by atoms with Gasteiger partial charge in [-0.25, -0.2) is 5.01 Å². The standard InChI is InChI=1S/C9H12N2O/c1-7-5-4-6-8(2)9(7)11(3)10-12/h4-6H,1-3H3. The van der Waals surface area contributed by atoms with Crippen LogP contribution in [-0.4, -0.2) is 7.05 Å². The van der Waals surface area contributed by atoms with Crippen molar-refractivity contribution in [2.75, 3.05) is 12.1 Å². The van der Waals surface area contributed by atoms with Gasteiger partial charge in [-0.1, -0.05) is 18.2 Å². The van der Waals surface area contributed by atoms with E-state index in [1.165, 1.54) is 5.01 Å². The summed E-state index contributed by atoms with van der Waals surface area (Å²) in [6, 6.07) is 5.89. The van der Waals surface area contributed by atoms with Crippen molar-refractivity contribution in [1.29, 1.82) is 0 Å². The van der Waals surface area contributed by atoms with Gasteiger partial charge in [-0.15, -0.1) is 4.91 Å². The SMILES string of the molecule is Cc1cccc(C)c1N(C)N=O. The van der Waals surface area contributed by atoms with Gasteiger partial charge in [-0.3, -0.25) is 0 Å². The van der Waals surface area contributed by atoms with Crippen LogP contribution >= 0.6 is 0 Å². The van der Waals surface area contributed by atoms with Crippen LogP contribution in [0.25, 0.3) is 0 Å². The van der Waals surface area contributed by atoms with Crippen molar-refractivity contribution in [3.63, 3.8) is 0 Å². The molecule has 0 saturated heterocycles. The molecular weight excluding hydrogens is 152 g/mol. The molecule has 3 nitrogen and oxygen atoms in total. The molecule has 0 aliphatic rings. The van der Waals surface area contributed by atoms with E-state index in [0.717, 1.165) is 16.8 Å². The zero-order valence-corrected chi connectivity index (χ0v) is 7.53. The molecule has 1 aromatic carbocycles. The minimum Gasteiger partial charge on any atom is -0.232 e. The molecule has 1 rings (SSSR count). The second-order valence-corrected chi connectivity index (χ2v) is 2.85. The molecule has 0 aromatic heterocycles. The quantitative estimate of drug-likeness (QED) is 0.496. The van der Waals surface area contributed by atoms with Crippen LogP contribution in [0.3, 0.4) is 0 Å². The molecule has 0 amide bonds. The molecule has 0 unspecified atom stereocenters. The lowest BCUT2D eigenvalue weighted by atomic mass is 10.1. The second kappa shape index (κ2) is 3.34. The number of hydrogen-bond acceptors (Lipinski definition) is 2. The summed E-state index contributed by atoms with van der Waals surface area (Å²) in [5.41, 5.74) is 3.03. The number of anilines is 1. The third-order valence-electron chi connectivity index (χ3n) is 1.89. The summed E-state index contributed by atoms with van der Waals surface area (Å²) >= 11 is 0. The lowest BCUT2D eigenvalue weighted by molar-refractivity contribution is 0.986. The van der Waals surface area contributed by atoms with Crippen LogP contribution < -0.4 is 5.01 Å². The maximum atomic E-state index is 10.3. The van der Waals surface area contributed by atoms with E-state index in [4.69, 9.17) is 0 Å². The summed E-state index contributed by atoms with van der Waals surface area (Å²) in [5.74, 6) is 0. The van der Waals surface area contributed by atoms with Crippen molar-refractivity contribution in [2.24, 2.45) is 5.29 Å². The largest absolute Gasteiger partial charge is 0.232 e. The summed E-state index contributed by atoms with van der Waals surface area (Å²) in [4.78, 5) is 10.3. The highest BCUT2D eigenvalue weighted by Crippen LogP contribution is 2.22. The Balaban J connectivity index is 3.20. The first-order valence-electron chi connectivity index (χ1n) is 3.80. The van der Waals surface area contributed by atoms with Crippen LogP contribution in [0.4, 0.5) is 5.69 Å². The second-order valence-electron chi connectivity index (χ2n) is 2.85. The number of rotatable bonds is 2. The monoisotopic (exact) mass is 164 g/mol. The fraction of sp³-hybridized carbons (Fsp3) is 0.333. The number of para-hydroxylation sites is 1. The van der Waals surface area contributed by atoms with Crippen molar-refractivity contribution in [2.45, 2.75) is 13.8 Å². The van der Waals surface area contributed by atoms with Gasteiger partial charge in [0.15, 0.2) is 0 Å². The van der Waals surface area contributed by atoms with Crippen molar-refractivity contribution < 1.29 is 0 Å². The van der Waals surface area contributed by atoms with E-state index in [9.17, 15) is 4.91 Å². The van der Waals surface area contributed by atoms with Gasteiger partial charge in [0.05, 0.1) is 11.0 Å². The maximum Gasteiger partial charge on any atom is 0.0681 e. The van der Waals surface area contributed by atoms with E-state index < -0.39 is 0 Å². The van der Waals surface area contributed by atoms with Gasteiger partial charge in [-0.05, 0) is 25.0 Å². The van der Waals surface area contributed by atoms with Gasteiger partial charge in [0.2, 0.25) is 0 Å². The molecule has 0 aliphatic heterocycles. The van der Waals surface area contributed by atoms with Gasteiger partial charge in [0, 0.05) is 7.05 Å². The maximum absolute atomic E-state index is 10.3. The average molecular weight is 164 g/mol. The summed E-state index contributed by atoms with van der Waals surface area (Å²) in [6.07, 6.45) is 0. The molecule has 0 heterocycles. The molecule has 64 valence electrons. The third-order valence-corrected chi connectivity index (χ3v) is 1.89. The molecule has 1 aromatic rings. The minimum absolute atomic E-state index is 0.896. The molecular formula is C9H12N2O. The number of nitrogens with zero attached hydrogens (tertiary/aromatic N) is 2. The normalized spacial score (nSPS) is 9.58. The van der Waals surface area contributed by atoms with E-state index in [-0.39, 0.29) is 0 Å². The number of nitroso groups, excluding NO2 is 1. The topological polar surface area (TPSA) is 32.7 Å². The summed E-state index contributed by atoms with van der Waals surface area (Å²) in [7, 11) is 1.66. The van der Waals surface area contributed by atoms with E-state index in [1.807, 2.05) is 32.0 Å². The van der Waals surface area contributed by atoms with E-state index in [2.05, 4.69) is 5.29 Å². The van der Waals surface area contributed by atoms with Crippen LogP contribution in [-0.2, 0) is 0 Å². The predicted molar refractivity (Wildman–Crippen MR) is 50.1 cm³/mol. The van der Waals surface area contributed by atoms with Gasteiger partial charge >= 0.3 is 0 Å². The van der Waals surface area contributed by atoms with Crippen molar-refractivity contribution in [3.05, 3.63) is 34.2 Å². The molecule has 0 saturated carbocycles. The first-order valence-corrected chi connectivity index (χ1v) is 3.80. The third kappa shape index (κ3) is 1.44. The molecule has 0 fully saturated rings. The summed E-state index contributed by atoms with van der Waals surface area (Å²) in [6.45, 7) is 3.92. The molecule has 0 bridgehead atoms. The van der Waals surface area contributed by atoms with E-state index >= 15 is 0 Å². The highest BCUT2D eigenvalue weighted by atomic mass is 16.3. The van der Waals surface area contributed by atoms with E-state index in [0.29, 0.717) is 0 Å². The number of hydrogen-bond donors (Lipinski definition) is 0. The first-order chi connectivity index (χ1) is 5.66. The Morgan fingerprint density at radius 3 is 2.17 bits per heavy atom. The average Bonchev–Trinajstić information content (AvgIpc) is 2.03. The Morgan fingerprint density at radius 2 is 1.75 bits per heavy atom. The Kier molecular flexibility index (Phi) is 2.43. The molecule has 3 heteroatoms. The first kappa shape index (κ1) is 8.71.